The van der Waals surface area contributed by atoms with Gasteiger partial charge in [0.1, 0.15) is 17.4 Å². The second-order valence-corrected chi connectivity index (χ2v) is 6.35. The van der Waals surface area contributed by atoms with Crippen LogP contribution in [-0.2, 0) is 4.74 Å². The molecule has 2 rings (SSSR count). The topological polar surface area (TPSA) is 82.1 Å². The van der Waals surface area contributed by atoms with Crippen LogP contribution in [0.1, 0.15) is 31.4 Å². The Hall–Kier alpha value is -3.22. The number of nitrogens with zero attached hydrogens (tertiary/aromatic N) is 3. The Kier molecular flexibility index (Phi) is 7.88. The van der Waals surface area contributed by atoms with Crippen LogP contribution in [0.2, 0.25) is 0 Å². The SMILES string of the molecule is CC/C=C(\CN=C(N)c1cc(-c2ccc(F)cn2)cc(OC)c1C)N=C(C)OC. The fraction of sp³-hybridized carbons (Fsp3) is 0.318. The van der Waals surface area contributed by atoms with E-state index in [1.54, 1.807) is 27.2 Å². The molecule has 0 amide bonds. The molecule has 0 aliphatic heterocycles. The predicted octanol–water partition coefficient (Wildman–Crippen LogP) is 4.27. The van der Waals surface area contributed by atoms with Gasteiger partial charge in [-0.3, -0.25) is 9.98 Å². The van der Waals surface area contributed by atoms with E-state index in [0.717, 1.165) is 28.8 Å². The number of hydrogen-bond acceptors (Lipinski definition) is 5. The van der Waals surface area contributed by atoms with Crippen LogP contribution in [-0.4, -0.2) is 37.5 Å². The maximum Gasteiger partial charge on any atom is 0.184 e. The van der Waals surface area contributed by atoms with Crippen LogP contribution in [0.25, 0.3) is 11.3 Å². The number of allylic oxidation sites excluding steroid dienone is 1. The van der Waals surface area contributed by atoms with Crippen molar-refractivity contribution in [2.45, 2.75) is 27.2 Å². The molecule has 0 aliphatic rings. The van der Waals surface area contributed by atoms with Gasteiger partial charge in [-0.1, -0.05) is 13.0 Å². The Morgan fingerprint density at radius 2 is 2.03 bits per heavy atom. The van der Waals surface area contributed by atoms with Crippen LogP contribution < -0.4 is 10.5 Å². The highest BCUT2D eigenvalue weighted by molar-refractivity contribution is 6.00. The van der Waals surface area contributed by atoms with Crippen molar-refractivity contribution in [2.24, 2.45) is 15.7 Å². The number of ether oxygens (including phenoxy) is 2. The maximum atomic E-state index is 13.2. The van der Waals surface area contributed by atoms with E-state index in [1.165, 1.54) is 12.3 Å². The van der Waals surface area contributed by atoms with Crippen molar-refractivity contribution < 1.29 is 13.9 Å². The number of benzene rings is 1. The number of nitrogens with two attached hydrogens (primary N) is 1. The van der Waals surface area contributed by atoms with E-state index in [2.05, 4.69) is 15.0 Å². The number of aromatic nitrogens is 1. The molecule has 0 radical (unpaired) electrons. The normalized spacial score (nSPS) is 12.8. The lowest BCUT2D eigenvalue weighted by Gasteiger charge is -2.13. The van der Waals surface area contributed by atoms with Gasteiger partial charge in [0.15, 0.2) is 5.90 Å². The van der Waals surface area contributed by atoms with E-state index < -0.39 is 5.82 Å². The summed E-state index contributed by atoms with van der Waals surface area (Å²) in [4.78, 5) is 13.1. The van der Waals surface area contributed by atoms with Gasteiger partial charge in [-0.15, -0.1) is 0 Å². The largest absolute Gasteiger partial charge is 0.496 e. The summed E-state index contributed by atoms with van der Waals surface area (Å²) in [5.74, 6) is 1.17. The number of amidine groups is 1. The van der Waals surface area contributed by atoms with Crippen molar-refractivity contribution in [2.75, 3.05) is 20.8 Å². The average molecular weight is 398 g/mol. The second kappa shape index (κ2) is 10.4. The van der Waals surface area contributed by atoms with E-state index in [9.17, 15) is 4.39 Å². The Morgan fingerprint density at radius 1 is 1.28 bits per heavy atom. The zero-order valence-corrected chi connectivity index (χ0v) is 17.5. The first-order chi connectivity index (χ1) is 13.9. The van der Waals surface area contributed by atoms with Gasteiger partial charge < -0.3 is 15.2 Å². The van der Waals surface area contributed by atoms with Crippen LogP contribution in [0, 0.1) is 12.7 Å². The Labute approximate surface area is 171 Å². The summed E-state index contributed by atoms with van der Waals surface area (Å²) < 4.78 is 23.8. The molecule has 6 nitrogen and oxygen atoms in total. The third kappa shape index (κ3) is 5.88. The molecule has 0 saturated heterocycles. The van der Waals surface area contributed by atoms with Gasteiger partial charge in [0.05, 0.1) is 38.4 Å². The third-order valence-corrected chi connectivity index (χ3v) is 4.33. The number of hydrogen-bond donors (Lipinski definition) is 1. The standard InChI is InChI=1S/C22H27FN4O2/c1-6-7-18(27-15(3)28-4)13-26-22(24)19-10-16(11-21(29-5)14(19)2)20-9-8-17(23)12-25-20/h7-12H,6,13H2,1-5H3,(H2,24,26)/b18-7+,27-15?. The van der Waals surface area contributed by atoms with Gasteiger partial charge in [0.2, 0.25) is 0 Å². The highest BCUT2D eigenvalue weighted by atomic mass is 19.1. The molecule has 2 N–H and O–H groups in total. The zero-order valence-electron chi connectivity index (χ0n) is 17.5. The summed E-state index contributed by atoms with van der Waals surface area (Å²) in [7, 11) is 3.16. The van der Waals surface area contributed by atoms with E-state index >= 15 is 0 Å². The molecule has 0 unspecified atom stereocenters. The first-order valence-corrected chi connectivity index (χ1v) is 9.28. The highest BCUT2D eigenvalue weighted by Crippen LogP contribution is 2.29. The van der Waals surface area contributed by atoms with Gasteiger partial charge in [-0.25, -0.2) is 9.38 Å². The molecule has 0 bridgehead atoms. The van der Waals surface area contributed by atoms with Crippen molar-refractivity contribution in [1.82, 2.24) is 4.98 Å². The lowest BCUT2D eigenvalue weighted by Crippen LogP contribution is -2.16. The molecule has 0 aliphatic carbocycles. The summed E-state index contributed by atoms with van der Waals surface area (Å²) in [5.41, 5.74) is 10.0. The van der Waals surface area contributed by atoms with E-state index in [-0.39, 0.29) is 0 Å². The van der Waals surface area contributed by atoms with Crippen LogP contribution in [0.15, 0.2) is 52.2 Å². The smallest absolute Gasteiger partial charge is 0.184 e. The van der Waals surface area contributed by atoms with Crippen LogP contribution >= 0.6 is 0 Å². The van der Waals surface area contributed by atoms with E-state index in [1.807, 2.05) is 32.1 Å². The molecule has 29 heavy (non-hydrogen) atoms. The van der Waals surface area contributed by atoms with E-state index in [0.29, 0.717) is 29.7 Å². The molecule has 154 valence electrons. The lowest BCUT2D eigenvalue weighted by atomic mass is 10.0. The fourth-order valence-electron chi connectivity index (χ4n) is 2.74. The summed E-state index contributed by atoms with van der Waals surface area (Å²) in [5, 5.41) is 0. The molecule has 0 saturated carbocycles. The second-order valence-electron chi connectivity index (χ2n) is 6.35. The van der Waals surface area contributed by atoms with Gasteiger partial charge >= 0.3 is 0 Å². The van der Waals surface area contributed by atoms with Crippen molar-refractivity contribution >= 4 is 11.7 Å². The highest BCUT2D eigenvalue weighted by Gasteiger charge is 2.13. The molecule has 2 aromatic rings. The summed E-state index contributed by atoms with van der Waals surface area (Å²) >= 11 is 0. The van der Waals surface area contributed by atoms with Crippen molar-refractivity contribution in [3.05, 3.63) is 59.2 Å². The Bertz CT molecular complexity index is 935. The summed E-state index contributed by atoms with van der Waals surface area (Å²) in [6.45, 7) is 6.04. The van der Waals surface area contributed by atoms with E-state index in [4.69, 9.17) is 15.2 Å². The van der Waals surface area contributed by atoms with Crippen molar-refractivity contribution in [1.29, 1.82) is 0 Å². The monoisotopic (exact) mass is 398 g/mol. The van der Waals surface area contributed by atoms with Crippen LogP contribution in [0.4, 0.5) is 4.39 Å². The molecular weight excluding hydrogens is 371 g/mol. The third-order valence-electron chi connectivity index (χ3n) is 4.33. The first kappa shape index (κ1) is 22.1. The number of rotatable bonds is 7. The van der Waals surface area contributed by atoms with Gasteiger partial charge in [0, 0.05) is 23.6 Å². The number of halogens is 1. The minimum Gasteiger partial charge on any atom is -0.496 e. The molecular formula is C22H27FN4O2. The van der Waals surface area contributed by atoms with Gasteiger partial charge in [-0.2, -0.15) is 0 Å². The quantitative estimate of drug-likeness (QED) is 0.558. The molecule has 1 aromatic carbocycles. The van der Waals surface area contributed by atoms with Crippen LogP contribution in [0.3, 0.4) is 0 Å². The fourth-order valence-corrected chi connectivity index (χ4v) is 2.74. The van der Waals surface area contributed by atoms with Gasteiger partial charge in [0.25, 0.3) is 0 Å². The minimum absolute atomic E-state index is 0.321. The van der Waals surface area contributed by atoms with Crippen molar-refractivity contribution in [3.63, 3.8) is 0 Å². The summed E-state index contributed by atoms with van der Waals surface area (Å²) in [6, 6.07) is 6.70. The number of methoxy groups -OCH3 is 2. The number of aliphatic imine (C=N–C) groups is 2. The molecule has 1 heterocycles. The minimum atomic E-state index is -0.392. The van der Waals surface area contributed by atoms with Crippen molar-refractivity contribution in [3.8, 4) is 17.0 Å². The van der Waals surface area contributed by atoms with Gasteiger partial charge in [-0.05, 0) is 37.6 Å². The molecule has 1 aromatic heterocycles. The number of pyridine rings is 1. The molecule has 7 heteroatoms. The molecule has 0 spiro atoms. The average Bonchev–Trinajstić information content (AvgIpc) is 2.72. The lowest BCUT2D eigenvalue weighted by molar-refractivity contribution is 0.399. The first-order valence-electron chi connectivity index (χ1n) is 9.28. The predicted molar refractivity (Wildman–Crippen MR) is 115 cm³/mol. The van der Waals surface area contributed by atoms with Crippen LogP contribution in [0.5, 0.6) is 5.75 Å². The maximum absolute atomic E-state index is 13.2. The molecule has 0 atom stereocenters. The Balaban J connectivity index is 2.43. The zero-order chi connectivity index (χ0) is 21.4. The summed E-state index contributed by atoms with van der Waals surface area (Å²) in [6.07, 6.45) is 3.98. The molecule has 0 fully saturated rings. The Morgan fingerprint density at radius 3 is 2.62 bits per heavy atom.